The molecule has 78 valence electrons. The summed E-state index contributed by atoms with van der Waals surface area (Å²) in [6.45, 7) is 0.770. The molecule has 4 nitrogen and oxygen atoms in total. The van der Waals surface area contributed by atoms with E-state index in [1.54, 1.807) is 6.20 Å². The molecule has 0 radical (unpaired) electrons. The lowest BCUT2D eigenvalue weighted by atomic mass is 10.3. The summed E-state index contributed by atoms with van der Waals surface area (Å²) < 4.78 is 0. The van der Waals surface area contributed by atoms with Gasteiger partial charge in [-0.25, -0.2) is 0 Å². The Morgan fingerprint density at radius 1 is 1.53 bits per heavy atom. The monoisotopic (exact) mass is 202 g/mol. The van der Waals surface area contributed by atoms with Gasteiger partial charge in [-0.05, 0) is 18.9 Å². The molecule has 1 aliphatic rings. The van der Waals surface area contributed by atoms with E-state index in [2.05, 4.69) is 16.0 Å². The molecule has 0 bridgehead atoms. The Morgan fingerprint density at radius 2 is 2.33 bits per heavy atom. The average molecular weight is 202 g/mol. The molecule has 1 aliphatic carbocycles. The third kappa shape index (κ3) is 2.38. The highest BCUT2D eigenvalue weighted by Crippen LogP contribution is 2.31. The Bertz CT molecular complexity index is 378. The molecule has 0 amide bonds. The fourth-order valence-electron chi connectivity index (χ4n) is 1.68. The molecule has 0 spiro atoms. The van der Waals surface area contributed by atoms with Crippen LogP contribution in [0.15, 0.2) is 18.5 Å². The normalized spacial score (nSPS) is 14.6. The summed E-state index contributed by atoms with van der Waals surface area (Å²) in [6, 6.07) is 4.68. The van der Waals surface area contributed by atoms with Crippen LogP contribution in [0.1, 0.15) is 19.3 Å². The van der Waals surface area contributed by atoms with Crippen LogP contribution in [0.3, 0.4) is 0 Å². The number of nitriles is 1. The zero-order valence-electron chi connectivity index (χ0n) is 8.56. The molecule has 2 N–H and O–H groups in total. The van der Waals surface area contributed by atoms with Crippen molar-refractivity contribution in [1.82, 2.24) is 4.98 Å². The Labute approximate surface area is 89.3 Å². The Kier molecular flexibility index (Phi) is 2.72. The van der Waals surface area contributed by atoms with Crippen molar-refractivity contribution in [2.45, 2.75) is 25.3 Å². The van der Waals surface area contributed by atoms with Crippen molar-refractivity contribution in [3.05, 3.63) is 18.5 Å². The second-order valence-electron chi connectivity index (χ2n) is 3.81. The summed E-state index contributed by atoms with van der Waals surface area (Å²) in [5, 5.41) is 8.60. The maximum Gasteiger partial charge on any atom is 0.0640 e. The molecule has 0 saturated heterocycles. The Balaban J connectivity index is 2.13. The molecular formula is C11H14N4. The molecular weight excluding hydrogens is 188 g/mol. The van der Waals surface area contributed by atoms with E-state index in [9.17, 15) is 0 Å². The minimum atomic E-state index is 0.547. The molecule has 1 aromatic heterocycles. The van der Waals surface area contributed by atoms with Crippen molar-refractivity contribution in [2.24, 2.45) is 0 Å². The summed E-state index contributed by atoms with van der Waals surface area (Å²) in [5.41, 5.74) is 7.40. The molecule has 1 aromatic rings. The van der Waals surface area contributed by atoms with Gasteiger partial charge in [0.1, 0.15) is 0 Å². The first-order valence-electron chi connectivity index (χ1n) is 5.15. The maximum absolute atomic E-state index is 8.60. The second-order valence-corrected chi connectivity index (χ2v) is 3.81. The van der Waals surface area contributed by atoms with Crippen LogP contribution >= 0.6 is 0 Å². The van der Waals surface area contributed by atoms with Crippen molar-refractivity contribution < 1.29 is 0 Å². The highest BCUT2D eigenvalue weighted by Gasteiger charge is 2.29. The van der Waals surface area contributed by atoms with E-state index >= 15 is 0 Å². The number of pyridine rings is 1. The predicted octanol–water partition coefficient (Wildman–Crippen LogP) is 1.55. The standard InChI is InChI=1S/C11H14N4/c12-4-1-5-15(10-2-3-10)11-6-9(13)7-14-8-11/h6-8,10H,1-3,5,13H2. The molecule has 4 heteroatoms. The van der Waals surface area contributed by atoms with Gasteiger partial charge < -0.3 is 10.6 Å². The van der Waals surface area contributed by atoms with Gasteiger partial charge in [0.2, 0.25) is 0 Å². The number of aromatic nitrogens is 1. The van der Waals surface area contributed by atoms with Gasteiger partial charge >= 0.3 is 0 Å². The third-order valence-electron chi connectivity index (χ3n) is 2.53. The molecule has 0 unspecified atom stereocenters. The number of rotatable bonds is 4. The van der Waals surface area contributed by atoms with Gasteiger partial charge in [0.15, 0.2) is 0 Å². The number of hydrogen-bond acceptors (Lipinski definition) is 4. The minimum Gasteiger partial charge on any atom is -0.397 e. The lowest BCUT2D eigenvalue weighted by molar-refractivity contribution is 0.791. The van der Waals surface area contributed by atoms with Crippen LogP contribution in [0.5, 0.6) is 0 Å². The number of hydrogen-bond donors (Lipinski definition) is 1. The maximum atomic E-state index is 8.60. The van der Waals surface area contributed by atoms with E-state index in [0.717, 1.165) is 12.2 Å². The van der Waals surface area contributed by atoms with Crippen LogP contribution in [-0.2, 0) is 0 Å². The molecule has 1 saturated carbocycles. The quantitative estimate of drug-likeness (QED) is 0.804. The fourth-order valence-corrected chi connectivity index (χ4v) is 1.68. The van der Waals surface area contributed by atoms with Gasteiger partial charge in [-0.15, -0.1) is 0 Å². The molecule has 1 heterocycles. The third-order valence-corrected chi connectivity index (χ3v) is 2.53. The lowest BCUT2D eigenvalue weighted by Crippen LogP contribution is -2.26. The van der Waals surface area contributed by atoms with Crippen LogP contribution in [0.4, 0.5) is 11.4 Å². The summed E-state index contributed by atoms with van der Waals surface area (Å²) in [6.07, 6.45) is 6.41. The first-order valence-corrected chi connectivity index (χ1v) is 5.15. The van der Waals surface area contributed by atoms with E-state index in [0.29, 0.717) is 18.2 Å². The largest absolute Gasteiger partial charge is 0.397 e. The van der Waals surface area contributed by atoms with E-state index < -0.39 is 0 Å². The second kappa shape index (κ2) is 4.18. The van der Waals surface area contributed by atoms with E-state index in [-0.39, 0.29) is 0 Å². The summed E-state index contributed by atoms with van der Waals surface area (Å²) >= 11 is 0. The number of nitrogens with two attached hydrogens (primary N) is 1. The molecule has 2 rings (SSSR count). The zero-order valence-corrected chi connectivity index (χ0v) is 8.56. The topological polar surface area (TPSA) is 65.9 Å². The predicted molar refractivity (Wildman–Crippen MR) is 59.2 cm³/mol. The van der Waals surface area contributed by atoms with Crippen LogP contribution in [0.25, 0.3) is 0 Å². The molecule has 0 atom stereocenters. The van der Waals surface area contributed by atoms with Gasteiger partial charge in [-0.3, -0.25) is 4.98 Å². The van der Waals surface area contributed by atoms with Crippen molar-refractivity contribution in [3.8, 4) is 6.07 Å². The SMILES string of the molecule is N#CCCN(c1cncc(N)c1)C1CC1. The summed E-state index contributed by atoms with van der Waals surface area (Å²) in [5.74, 6) is 0. The van der Waals surface area contributed by atoms with Crippen molar-refractivity contribution in [1.29, 1.82) is 5.26 Å². The zero-order chi connectivity index (χ0) is 10.7. The number of anilines is 2. The van der Waals surface area contributed by atoms with Crippen molar-refractivity contribution in [3.63, 3.8) is 0 Å². The summed E-state index contributed by atoms with van der Waals surface area (Å²) in [4.78, 5) is 6.30. The number of nitrogens with zero attached hydrogens (tertiary/aromatic N) is 3. The van der Waals surface area contributed by atoms with Gasteiger partial charge in [0, 0.05) is 18.8 Å². The van der Waals surface area contributed by atoms with Crippen molar-refractivity contribution >= 4 is 11.4 Å². The fraction of sp³-hybridized carbons (Fsp3) is 0.455. The molecule has 0 aromatic carbocycles. The van der Waals surface area contributed by atoms with Crippen LogP contribution < -0.4 is 10.6 Å². The molecule has 0 aliphatic heterocycles. The Hall–Kier alpha value is -1.76. The van der Waals surface area contributed by atoms with Crippen LogP contribution in [0.2, 0.25) is 0 Å². The summed E-state index contributed by atoms with van der Waals surface area (Å²) in [7, 11) is 0. The van der Waals surface area contributed by atoms with Crippen molar-refractivity contribution in [2.75, 3.05) is 17.2 Å². The number of nitrogen functional groups attached to an aromatic ring is 1. The van der Waals surface area contributed by atoms with Gasteiger partial charge in [-0.1, -0.05) is 0 Å². The average Bonchev–Trinajstić information content (AvgIpc) is 3.03. The lowest BCUT2D eigenvalue weighted by Gasteiger charge is -2.23. The molecule has 15 heavy (non-hydrogen) atoms. The van der Waals surface area contributed by atoms with E-state index in [1.165, 1.54) is 12.8 Å². The van der Waals surface area contributed by atoms with Crippen LogP contribution in [-0.4, -0.2) is 17.6 Å². The van der Waals surface area contributed by atoms with Gasteiger partial charge in [-0.2, -0.15) is 5.26 Å². The van der Waals surface area contributed by atoms with Gasteiger partial charge in [0.05, 0.1) is 30.1 Å². The Morgan fingerprint density at radius 3 is 2.93 bits per heavy atom. The highest BCUT2D eigenvalue weighted by atomic mass is 15.2. The van der Waals surface area contributed by atoms with Gasteiger partial charge in [0.25, 0.3) is 0 Å². The highest BCUT2D eigenvalue weighted by molar-refractivity contribution is 5.54. The minimum absolute atomic E-state index is 0.547. The first-order chi connectivity index (χ1) is 7.31. The smallest absolute Gasteiger partial charge is 0.0640 e. The first kappa shape index (κ1) is 9.78. The van der Waals surface area contributed by atoms with Crippen LogP contribution in [0, 0.1) is 11.3 Å². The van der Waals surface area contributed by atoms with E-state index in [4.69, 9.17) is 11.0 Å². The molecule has 1 fully saturated rings. The van der Waals surface area contributed by atoms with E-state index in [1.807, 2.05) is 12.3 Å².